The second-order valence-electron chi connectivity index (χ2n) is 8.17. The van der Waals surface area contributed by atoms with E-state index in [0.29, 0.717) is 30.0 Å². The van der Waals surface area contributed by atoms with Crippen LogP contribution in [-0.4, -0.2) is 44.4 Å². The molecular weight excluding hydrogens is 438 g/mol. The standard InChI is InChI=1S/C23H24ClNO5S/c24-18-9-7-17(8-10-18)23(12-4-13-23)22(27)30-15-21(26)25(19-5-2-1-3-6-19)20-11-14-31(28,29)16-20/h1-3,5-10,20H,4,11-16H2. The molecule has 2 fully saturated rings. The molecule has 1 saturated heterocycles. The summed E-state index contributed by atoms with van der Waals surface area (Å²) in [6, 6.07) is 15.6. The number of esters is 1. The van der Waals surface area contributed by atoms with Crippen LogP contribution < -0.4 is 4.90 Å². The van der Waals surface area contributed by atoms with Crippen molar-refractivity contribution in [2.45, 2.75) is 37.1 Å². The van der Waals surface area contributed by atoms with Gasteiger partial charge in [0.15, 0.2) is 16.4 Å². The minimum Gasteiger partial charge on any atom is -0.455 e. The molecular formula is C23H24ClNO5S. The summed E-state index contributed by atoms with van der Waals surface area (Å²) in [6.07, 6.45) is 2.59. The van der Waals surface area contributed by atoms with Crippen molar-refractivity contribution in [3.05, 3.63) is 65.2 Å². The number of rotatable bonds is 6. The lowest BCUT2D eigenvalue weighted by atomic mass is 9.64. The average molecular weight is 462 g/mol. The van der Waals surface area contributed by atoms with Crippen molar-refractivity contribution < 1.29 is 22.7 Å². The number of nitrogens with zero attached hydrogens (tertiary/aromatic N) is 1. The number of hydrogen-bond donors (Lipinski definition) is 0. The average Bonchev–Trinajstić information content (AvgIpc) is 3.07. The highest BCUT2D eigenvalue weighted by atomic mass is 35.5. The summed E-state index contributed by atoms with van der Waals surface area (Å²) >= 11 is 5.97. The first-order chi connectivity index (χ1) is 14.8. The molecule has 0 bridgehead atoms. The molecule has 1 saturated carbocycles. The van der Waals surface area contributed by atoms with Gasteiger partial charge in [-0.1, -0.05) is 48.4 Å². The van der Waals surface area contributed by atoms with Crippen molar-refractivity contribution in [3.63, 3.8) is 0 Å². The Hall–Kier alpha value is -2.38. The van der Waals surface area contributed by atoms with Crippen molar-refractivity contribution in [1.29, 1.82) is 0 Å². The SMILES string of the molecule is O=C(COC(=O)C1(c2ccc(Cl)cc2)CCC1)N(c1ccccc1)C1CCS(=O)(=O)C1. The van der Waals surface area contributed by atoms with E-state index in [4.69, 9.17) is 16.3 Å². The van der Waals surface area contributed by atoms with Crippen molar-refractivity contribution >= 4 is 39.0 Å². The number of para-hydroxylation sites is 1. The van der Waals surface area contributed by atoms with Gasteiger partial charge in [-0.25, -0.2) is 8.42 Å². The van der Waals surface area contributed by atoms with Crippen LogP contribution in [0.3, 0.4) is 0 Å². The maximum Gasteiger partial charge on any atom is 0.317 e. The minimum absolute atomic E-state index is 0.0494. The summed E-state index contributed by atoms with van der Waals surface area (Å²) in [7, 11) is -3.18. The van der Waals surface area contributed by atoms with Crippen molar-refractivity contribution in [3.8, 4) is 0 Å². The van der Waals surface area contributed by atoms with Crippen LogP contribution >= 0.6 is 11.6 Å². The number of ether oxygens (including phenoxy) is 1. The number of hydrogen-bond acceptors (Lipinski definition) is 5. The molecule has 1 heterocycles. The van der Waals surface area contributed by atoms with Crippen LogP contribution in [0.5, 0.6) is 0 Å². The molecule has 1 aliphatic carbocycles. The second kappa shape index (κ2) is 8.63. The summed E-state index contributed by atoms with van der Waals surface area (Å²) in [5.41, 5.74) is 0.684. The molecule has 1 atom stereocenters. The number of carbonyl (C=O) groups excluding carboxylic acids is 2. The Morgan fingerprint density at radius 1 is 1.06 bits per heavy atom. The lowest BCUT2D eigenvalue weighted by Gasteiger charge is -2.39. The van der Waals surface area contributed by atoms with E-state index >= 15 is 0 Å². The Morgan fingerprint density at radius 2 is 1.74 bits per heavy atom. The lowest BCUT2D eigenvalue weighted by Crippen LogP contribution is -2.47. The summed E-state index contributed by atoms with van der Waals surface area (Å²) in [5, 5.41) is 0.590. The first-order valence-corrected chi connectivity index (χ1v) is 12.5. The second-order valence-corrected chi connectivity index (χ2v) is 10.8. The number of sulfone groups is 1. The van der Waals surface area contributed by atoms with Gasteiger partial charge in [0.05, 0.1) is 23.0 Å². The van der Waals surface area contributed by atoms with Crippen LogP contribution in [-0.2, 0) is 29.6 Å². The highest BCUT2D eigenvalue weighted by Crippen LogP contribution is 2.45. The Bertz CT molecular complexity index is 1060. The minimum atomic E-state index is -3.18. The van der Waals surface area contributed by atoms with E-state index in [2.05, 4.69) is 0 Å². The predicted molar refractivity (Wildman–Crippen MR) is 119 cm³/mol. The normalized spacial score (nSPS) is 21.1. The first kappa shape index (κ1) is 21.8. The molecule has 1 aliphatic heterocycles. The van der Waals surface area contributed by atoms with Crippen LogP contribution in [0.15, 0.2) is 54.6 Å². The first-order valence-electron chi connectivity index (χ1n) is 10.3. The predicted octanol–water partition coefficient (Wildman–Crippen LogP) is 3.53. The van der Waals surface area contributed by atoms with Crippen LogP contribution in [0.4, 0.5) is 5.69 Å². The lowest BCUT2D eigenvalue weighted by molar-refractivity contribution is -0.157. The Kier molecular flexibility index (Phi) is 6.08. The van der Waals surface area contributed by atoms with Crippen molar-refractivity contribution in [1.82, 2.24) is 0 Å². The number of halogens is 1. The summed E-state index contributed by atoms with van der Waals surface area (Å²) in [5.74, 6) is -0.891. The van der Waals surface area contributed by atoms with E-state index < -0.39 is 39.8 Å². The molecule has 6 nitrogen and oxygen atoms in total. The maximum absolute atomic E-state index is 13.1. The van der Waals surface area contributed by atoms with Gasteiger partial charge in [-0.2, -0.15) is 0 Å². The topological polar surface area (TPSA) is 80.8 Å². The molecule has 2 aromatic rings. The van der Waals surface area contributed by atoms with Gasteiger partial charge in [-0.3, -0.25) is 9.59 Å². The summed E-state index contributed by atoms with van der Waals surface area (Å²) < 4.78 is 29.5. The third-order valence-electron chi connectivity index (χ3n) is 6.20. The Balaban J connectivity index is 1.50. The molecule has 31 heavy (non-hydrogen) atoms. The van der Waals surface area contributed by atoms with E-state index in [1.54, 1.807) is 36.4 Å². The van der Waals surface area contributed by atoms with Gasteiger partial charge in [0.25, 0.3) is 5.91 Å². The third-order valence-corrected chi connectivity index (χ3v) is 8.20. The molecule has 0 aromatic heterocycles. The molecule has 2 aliphatic rings. The van der Waals surface area contributed by atoms with E-state index in [9.17, 15) is 18.0 Å². The van der Waals surface area contributed by atoms with Gasteiger partial charge >= 0.3 is 5.97 Å². The largest absolute Gasteiger partial charge is 0.455 e. The van der Waals surface area contributed by atoms with E-state index in [-0.39, 0.29) is 11.5 Å². The van der Waals surface area contributed by atoms with Crippen LogP contribution in [0.2, 0.25) is 5.02 Å². The highest BCUT2D eigenvalue weighted by Gasteiger charge is 2.47. The van der Waals surface area contributed by atoms with Gasteiger partial charge in [0, 0.05) is 10.7 Å². The molecule has 0 N–H and O–H groups in total. The molecule has 1 unspecified atom stereocenters. The smallest absolute Gasteiger partial charge is 0.317 e. The number of anilines is 1. The van der Waals surface area contributed by atoms with Gasteiger partial charge in [0.2, 0.25) is 0 Å². The zero-order valence-corrected chi connectivity index (χ0v) is 18.6. The van der Waals surface area contributed by atoms with Gasteiger partial charge < -0.3 is 9.64 Å². The molecule has 164 valence electrons. The van der Waals surface area contributed by atoms with Gasteiger partial charge in [0.1, 0.15) is 0 Å². The maximum atomic E-state index is 13.1. The third kappa shape index (κ3) is 4.48. The van der Waals surface area contributed by atoms with E-state index in [0.717, 1.165) is 12.0 Å². The van der Waals surface area contributed by atoms with Crippen LogP contribution in [0, 0.1) is 0 Å². The Labute approximate surface area is 187 Å². The highest BCUT2D eigenvalue weighted by molar-refractivity contribution is 7.91. The molecule has 4 rings (SSSR count). The molecule has 1 amide bonds. The van der Waals surface area contributed by atoms with E-state index in [1.165, 1.54) is 4.90 Å². The fraction of sp³-hybridized carbons (Fsp3) is 0.391. The van der Waals surface area contributed by atoms with Crippen LogP contribution in [0.25, 0.3) is 0 Å². The summed E-state index contributed by atoms with van der Waals surface area (Å²) in [4.78, 5) is 27.6. The quantitative estimate of drug-likeness (QED) is 0.615. The van der Waals surface area contributed by atoms with Crippen LogP contribution in [0.1, 0.15) is 31.2 Å². The monoisotopic (exact) mass is 461 g/mol. The van der Waals surface area contributed by atoms with Crippen molar-refractivity contribution in [2.24, 2.45) is 0 Å². The molecule has 0 radical (unpaired) electrons. The van der Waals surface area contributed by atoms with E-state index in [1.807, 2.05) is 18.2 Å². The zero-order valence-electron chi connectivity index (χ0n) is 17.0. The number of benzene rings is 2. The molecule has 2 aromatic carbocycles. The Morgan fingerprint density at radius 3 is 2.29 bits per heavy atom. The zero-order chi connectivity index (χ0) is 22.1. The fourth-order valence-corrected chi connectivity index (χ4v) is 6.20. The summed E-state index contributed by atoms with van der Waals surface area (Å²) in [6.45, 7) is -0.431. The van der Waals surface area contributed by atoms with Gasteiger partial charge in [-0.05, 0) is 49.1 Å². The van der Waals surface area contributed by atoms with Crippen molar-refractivity contribution in [2.75, 3.05) is 23.0 Å². The number of carbonyl (C=O) groups is 2. The van der Waals surface area contributed by atoms with Gasteiger partial charge in [-0.15, -0.1) is 0 Å². The fourth-order valence-electron chi connectivity index (χ4n) is 4.37. The molecule has 0 spiro atoms. The molecule has 8 heteroatoms. The number of amides is 1.